The molecular formula is C24H34N2O2S. The SMILES string of the molecule is CCCCCCCCCCCCCCCC(=O)Oc1ccc2nc(C#N)sc2c1. The minimum absolute atomic E-state index is 0.183. The molecule has 0 fully saturated rings. The first-order valence-corrected chi connectivity index (χ1v) is 12.1. The maximum atomic E-state index is 12.0. The number of esters is 1. The smallest absolute Gasteiger partial charge is 0.311 e. The molecule has 5 heteroatoms. The van der Waals surface area contributed by atoms with Crippen LogP contribution in [0.15, 0.2) is 18.2 Å². The summed E-state index contributed by atoms with van der Waals surface area (Å²) in [6.45, 7) is 2.26. The highest BCUT2D eigenvalue weighted by atomic mass is 32.1. The van der Waals surface area contributed by atoms with Crippen LogP contribution in [0.5, 0.6) is 5.75 Å². The highest BCUT2D eigenvalue weighted by molar-refractivity contribution is 7.19. The zero-order valence-electron chi connectivity index (χ0n) is 17.8. The van der Waals surface area contributed by atoms with E-state index in [-0.39, 0.29) is 5.97 Å². The van der Waals surface area contributed by atoms with Crippen LogP contribution in [-0.4, -0.2) is 11.0 Å². The topological polar surface area (TPSA) is 63.0 Å². The van der Waals surface area contributed by atoms with Gasteiger partial charge in [-0.05, 0) is 18.6 Å². The van der Waals surface area contributed by atoms with E-state index in [1.54, 1.807) is 18.2 Å². The van der Waals surface area contributed by atoms with Crippen LogP contribution in [-0.2, 0) is 4.79 Å². The second kappa shape index (κ2) is 14.1. The number of hydrogen-bond acceptors (Lipinski definition) is 5. The van der Waals surface area contributed by atoms with Gasteiger partial charge in [-0.25, -0.2) is 4.98 Å². The molecule has 29 heavy (non-hydrogen) atoms. The normalized spacial score (nSPS) is 10.9. The van der Waals surface area contributed by atoms with Gasteiger partial charge in [0.1, 0.15) is 11.8 Å². The van der Waals surface area contributed by atoms with Crippen LogP contribution in [0.25, 0.3) is 10.2 Å². The number of benzene rings is 1. The van der Waals surface area contributed by atoms with Gasteiger partial charge < -0.3 is 4.74 Å². The molecular weight excluding hydrogens is 380 g/mol. The molecule has 2 rings (SSSR count). The summed E-state index contributed by atoms with van der Waals surface area (Å²) in [6.07, 6.45) is 17.3. The highest BCUT2D eigenvalue weighted by Gasteiger charge is 2.08. The number of ether oxygens (including phenoxy) is 1. The summed E-state index contributed by atoms with van der Waals surface area (Å²) in [7, 11) is 0. The number of unbranched alkanes of at least 4 members (excludes halogenated alkanes) is 12. The van der Waals surface area contributed by atoms with Gasteiger partial charge in [0.25, 0.3) is 0 Å². The van der Waals surface area contributed by atoms with Crippen LogP contribution >= 0.6 is 11.3 Å². The lowest BCUT2D eigenvalue weighted by atomic mass is 10.0. The van der Waals surface area contributed by atoms with Gasteiger partial charge in [-0.15, -0.1) is 11.3 Å². The molecule has 0 aliphatic rings. The Labute approximate surface area is 179 Å². The fraction of sp³-hybridized carbons (Fsp3) is 0.625. The number of rotatable bonds is 15. The number of carbonyl (C=O) groups is 1. The largest absolute Gasteiger partial charge is 0.426 e. The fourth-order valence-corrected chi connectivity index (χ4v) is 4.28. The third kappa shape index (κ3) is 9.41. The molecule has 0 amide bonds. The third-order valence-corrected chi connectivity index (χ3v) is 6.09. The summed E-state index contributed by atoms with van der Waals surface area (Å²) < 4.78 is 6.30. The molecule has 0 bridgehead atoms. The average molecular weight is 415 g/mol. The van der Waals surface area contributed by atoms with E-state index in [2.05, 4.69) is 11.9 Å². The molecule has 1 heterocycles. The fourth-order valence-electron chi connectivity index (χ4n) is 3.49. The Morgan fingerprint density at radius 2 is 1.55 bits per heavy atom. The Balaban J connectivity index is 1.47. The van der Waals surface area contributed by atoms with E-state index in [0.29, 0.717) is 17.2 Å². The summed E-state index contributed by atoms with van der Waals surface area (Å²) in [5.74, 6) is 0.350. The van der Waals surface area contributed by atoms with Crippen molar-refractivity contribution in [1.82, 2.24) is 4.98 Å². The average Bonchev–Trinajstić information content (AvgIpc) is 3.14. The van der Waals surface area contributed by atoms with E-state index in [9.17, 15) is 4.79 Å². The van der Waals surface area contributed by atoms with E-state index >= 15 is 0 Å². The van der Waals surface area contributed by atoms with Crippen LogP contribution in [0.3, 0.4) is 0 Å². The minimum Gasteiger partial charge on any atom is -0.426 e. The maximum absolute atomic E-state index is 12.0. The van der Waals surface area contributed by atoms with Crippen molar-refractivity contribution < 1.29 is 9.53 Å². The van der Waals surface area contributed by atoms with Gasteiger partial charge >= 0.3 is 5.97 Å². The third-order valence-electron chi connectivity index (χ3n) is 5.17. The van der Waals surface area contributed by atoms with E-state index in [4.69, 9.17) is 10.00 Å². The van der Waals surface area contributed by atoms with Crippen molar-refractivity contribution in [2.45, 2.75) is 96.8 Å². The standard InChI is InChI=1S/C24H34N2O2S/c1-2-3-4-5-6-7-8-9-10-11-12-13-14-15-24(27)28-20-16-17-21-22(18-20)29-23(19-25)26-21/h16-18H,2-15H2,1H3. The molecule has 0 aliphatic carbocycles. The summed E-state index contributed by atoms with van der Waals surface area (Å²) in [4.78, 5) is 16.2. The Hall–Kier alpha value is -1.93. The van der Waals surface area contributed by atoms with Crippen molar-refractivity contribution in [2.75, 3.05) is 0 Å². The lowest BCUT2D eigenvalue weighted by Crippen LogP contribution is -2.07. The zero-order chi connectivity index (χ0) is 20.7. The molecule has 158 valence electrons. The monoisotopic (exact) mass is 414 g/mol. The Morgan fingerprint density at radius 1 is 0.966 bits per heavy atom. The number of fused-ring (bicyclic) bond motifs is 1. The molecule has 2 aromatic rings. The molecule has 0 N–H and O–H groups in total. The first kappa shape index (κ1) is 23.3. The Bertz CT molecular complexity index is 779. The van der Waals surface area contributed by atoms with Gasteiger partial charge in [-0.2, -0.15) is 5.26 Å². The zero-order valence-corrected chi connectivity index (χ0v) is 18.6. The van der Waals surface area contributed by atoms with Crippen LogP contribution in [0, 0.1) is 11.3 Å². The van der Waals surface area contributed by atoms with Gasteiger partial charge in [-0.1, -0.05) is 84.0 Å². The first-order valence-electron chi connectivity index (χ1n) is 11.2. The summed E-state index contributed by atoms with van der Waals surface area (Å²) in [5, 5.41) is 9.34. The van der Waals surface area contributed by atoms with E-state index in [1.807, 2.05) is 6.07 Å². The molecule has 0 spiro atoms. The van der Waals surface area contributed by atoms with Crippen LogP contribution in [0.4, 0.5) is 0 Å². The number of nitriles is 1. The molecule has 4 nitrogen and oxygen atoms in total. The van der Waals surface area contributed by atoms with Crippen molar-refractivity contribution in [3.63, 3.8) is 0 Å². The van der Waals surface area contributed by atoms with Gasteiger partial charge in [0.15, 0.2) is 5.01 Å². The molecule has 0 unspecified atom stereocenters. The maximum Gasteiger partial charge on any atom is 0.311 e. The second-order valence-electron chi connectivity index (χ2n) is 7.73. The van der Waals surface area contributed by atoms with Crippen molar-refractivity contribution >= 4 is 27.5 Å². The molecule has 0 aliphatic heterocycles. The molecule has 0 saturated heterocycles. The predicted molar refractivity (Wildman–Crippen MR) is 120 cm³/mol. The molecule has 1 aromatic heterocycles. The van der Waals surface area contributed by atoms with Gasteiger partial charge in [0.05, 0.1) is 10.2 Å². The molecule has 0 radical (unpaired) electrons. The number of nitrogens with zero attached hydrogens (tertiary/aromatic N) is 2. The van der Waals surface area contributed by atoms with E-state index in [1.165, 1.54) is 82.0 Å². The molecule has 0 atom stereocenters. The van der Waals surface area contributed by atoms with E-state index in [0.717, 1.165) is 23.1 Å². The number of aromatic nitrogens is 1. The van der Waals surface area contributed by atoms with Crippen molar-refractivity contribution in [3.05, 3.63) is 23.2 Å². The van der Waals surface area contributed by atoms with Crippen molar-refractivity contribution in [3.8, 4) is 11.8 Å². The number of hydrogen-bond donors (Lipinski definition) is 0. The quantitative estimate of drug-likeness (QED) is 0.171. The molecule has 0 saturated carbocycles. The molecule has 1 aromatic carbocycles. The summed E-state index contributed by atoms with van der Waals surface area (Å²) >= 11 is 1.31. The van der Waals surface area contributed by atoms with Crippen LogP contribution in [0.1, 0.15) is 102 Å². The van der Waals surface area contributed by atoms with E-state index < -0.39 is 0 Å². The Kier molecular flexibility index (Phi) is 11.4. The summed E-state index contributed by atoms with van der Waals surface area (Å²) in [5.41, 5.74) is 0.767. The van der Waals surface area contributed by atoms with Gasteiger partial charge in [0, 0.05) is 12.5 Å². The summed E-state index contributed by atoms with van der Waals surface area (Å²) in [6, 6.07) is 7.36. The number of thiazole rings is 1. The predicted octanol–water partition coefficient (Wildman–Crippen LogP) is 7.55. The lowest BCUT2D eigenvalue weighted by molar-refractivity contribution is -0.134. The van der Waals surface area contributed by atoms with Gasteiger partial charge in [-0.3, -0.25) is 4.79 Å². The second-order valence-corrected chi connectivity index (χ2v) is 8.76. The lowest BCUT2D eigenvalue weighted by Gasteiger charge is -2.05. The van der Waals surface area contributed by atoms with Crippen LogP contribution < -0.4 is 4.74 Å². The van der Waals surface area contributed by atoms with Gasteiger partial charge in [0.2, 0.25) is 0 Å². The van der Waals surface area contributed by atoms with Crippen molar-refractivity contribution in [2.24, 2.45) is 0 Å². The van der Waals surface area contributed by atoms with Crippen LogP contribution in [0.2, 0.25) is 0 Å². The minimum atomic E-state index is -0.183. The number of carbonyl (C=O) groups excluding carboxylic acids is 1. The van der Waals surface area contributed by atoms with Crippen molar-refractivity contribution in [1.29, 1.82) is 5.26 Å². The highest BCUT2D eigenvalue weighted by Crippen LogP contribution is 2.26. The Morgan fingerprint density at radius 3 is 2.14 bits per heavy atom. The first-order chi connectivity index (χ1) is 14.2.